The number of hydrogen-bond acceptors (Lipinski definition) is 8. The predicted octanol–water partition coefficient (Wildman–Crippen LogP) is 2.74. The van der Waals surface area contributed by atoms with Crippen LogP contribution in [-0.2, 0) is 20.8 Å². The molecule has 0 saturated heterocycles. The van der Waals surface area contributed by atoms with Gasteiger partial charge in [0.05, 0.1) is 23.9 Å². The van der Waals surface area contributed by atoms with Crippen LogP contribution in [0.1, 0.15) is 22.7 Å². The SMILES string of the molecule is CS(=O)(=O)CC(NC(=O)CN1N=C(c2ccc(Cl)cc2)N(C[C@H](O)C(F)(F)F)C1O)c1ccccc1C(F)(F)F. The van der Waals surface area contributed by atoms with Crippen LogP contribution in [-0.4, -0.2) is 84.0 Å². The van der Waals surface area contributed by atoms with Gasteiger partial charge in [-0.25, -0.2) is 13.4 Å². The fourth-order valence-electron chi connectivity index (χ4n) is 3.87. The normalized spacial score (nSPS) is 17.9. The molecule has 0 saturated carbocycles. The van der Waals surface area contributed by atoms with Crippen molar-refractivity contribution in [2.45, 2.75) is 30.9 Å². The van der Waals surface area contributed by atoms with Crippen molar-refractivity contribution in [2.75, 3.05) is 25.1 Å². The number of benzene rings is 2. The highest BCUT2D eigenvalue weighted by molar-refractivity contribution is 7.90. The number of aliphatic hydroxyl groups excluding tert-OH is 2. The van der Waals surface area contributed by atoms with Crippen molar-refractivity contribution >= 4 is 33.2 Å². The van der Waals surface area contributed by atoms with Crippen molar-refractivity contribution in [1.82, 2.24) is 15.2 Å². The zero-order valence-corrected chi connectivity index (χ0v) is 22.1. The number of carbonyl (C=O) groups excluding carboxylic acids is 1. The Morgan fingerprint density at radius 1 is 1.10 bits per heavy atom. The number of nitrogens with one attached hydrogen (secondary N) is 1. The Hall–Kier alpha value is -3.08. The number of amides is 1. The summed E-state index contributed by atoms with van der Waals surface area (Å²) in [5.41, 5.74) is -1.55. The van der Waals surface area contributed by atoms with Crippen molar-refractivity contribution in [1.29, 1.82) is 0 Å². The van der Waals surface area contributed by atoms with Gasteiger partial charge in [-0.05, 0) is 35.9 Å². The third-order valence-corrected chi connectivity index (χ3v) is 6.83. The van der Waals surface area contributed by atoms with Gasteiger partial charge >= 0.3 is 12.4 Å². The van der Waals surface area contributed by atoms with Crippen LogP contribution in [0.5, 0.6) is 0 Å². The van der Waals surface area contributed by atoms with Crippen LogP contribution in [0.3, 0.4) is 0 Å². The number of aliphatic hydroxyl groups is 2. The first kappa shape index (κ1) is 31.4. The van der Waals surface area contributed by atoms with E-state index in [9.17, 15) is 49.8 Å². The second-order valence-corrected chi connectivity index (χ2v) is 11.5. The molecule has 1 aliphatic rings. The Morgan fingerprint density at radius 3 is 2.25 bits per heavy atom. The third-order valence-electron chi connectivity index (χ3n) is 5.64. The summed E-state index contributed by atoms with van der Waals surface area (Å²) in [7, 11) is -3.93. The Morgan fingerprint density at radius 2 is 1.70 bits per heavy atom. The van der Waals surface area contributed by atoms with E-state index in [1.807, 2.05) is 0 Å². The van der Waals surface area contributed by atoms with Gasteiger partial charge in [-0.1, -0.05) is 29.8 Å². The fraction of sp³-hybridized carbons (Fsp3) is 0.391. The number of β-amino-alcohol motifs (C(OH)–C–C–N with tert-alkyl or cyclic N) is 1. The van der Waals surface area contributed by atoms with Crippen LogP contribution in [0.25, 0.3) is 0 Å². The number of hydrazone groups is 1. The van der Waals surface area contributed by atoms with Crippen LogP contribution >= 0.6 is 11.6 Å². The number of halogens is 7. The Balaban J connectivity index is 1.90. The molecule has 1 amide bonds. The summed E-state index contributed by atoms with van der Waals surface area (Å²) in [6.45, 7) is -2.08. The molecule has 17 heteroatoms. The number of nitrogens with zero attached hydrogens (tertiary/aromatic N) is 3. The first-order valence-corrected chi connectivity index (χ1v) is 13.7. The van der Waals surface area contributed by atoms with E-state index < -0.39 is 76.6 Å². The first-order valence-electron chi connectivity index (χ1n) is 11.3. The second kappa shape index (κ2) is 11.8. The lowest BCUT2D eigenvalue weighted by molar-refractivity contribution is -0.212. The van der Waals surface area contributed by atoms with Gasteiger partial charge in [0.15, 0.2) is 11.9 Å². The molecular weight excluding hydrogens is 594 g/mol. The molecule has 3 rings (SSSR count). The van der Waals surface area contributed by atoms with E-state index in [-0.39, 0.29) is 16.4 Å². The lowest BCUT2D eigenvalue weighted by Crippen LogP contribution is -2.50. The minimum Gasteiger partial charge on any atom is -0.382 e. The molecular formula is C23H23ClF6N4O5S. The van der Waals surface area contributed by atoms with E-state index >= 15 is 0 Å². The molecule has 2 aromatic rings. The summed E-state index contributed by atoms with van der Waals surface area (Å²) in [5, 5.41) is 27.4. The van der Waals surface area contributed by atoms with E-state index in [1.165, 1.54) is 30.3 Å². The fourth-order valence-corrected chi connectivity index (χ4v) is 4.86. The molecule has 0 fully saturated rings. The summed E-state index contributed by atoms with van der Waals surface area (Å²) < 4.78 is 104. The van der Waals surface area contributed by atoms with Gasteiger partial charge in [0.2, 0.25) is 12.3 Å². The van der Waals surface area contributed by atoms with E-state index in [2.05, 4.69) is 10.4 Å². The molecule has 3 N–H and O–H groups in total. The van der Waals surface area contributed by atoms with Gasteiger partial charge < -0.3 is 20.4 Å². The summed E-state index contributed by atoms with van der Waals surface area (Å²) in [4.78, 5) is 13.5. The summed E-state index contributed by atoms with van der Waals surface area (Å²) in [6.07, 6.45) is -14.1. The number of sulfone groups is 1. The summed E-state index contributed by atoms with van der Waals surface area (Å²) in [5.74, 6) is -2.27. The number of amidine groups is 1. The van der Waals surface area contributed by atoms with Crippen molar-refractivity contribution in [2.24, 2.45) is 5.10 Å². The average Bonchev–Trinajstić information content (AvgIpc) is 3.12. The van der Waals surface area contributed by atoms with Crippen molar-refractivity contribution in [3.63, 3.8) is 0 Å². The van der Waals surface area contributed by atoms with Crippen LogP contribution in [0.4, 0.5) is 26.3 Å². The number of alkyl halides is 6. The number of rotatable bonds is 9. The van der Waals surface area contributed by atoms with E-state index in [0.717, 1.165) is 18.4 Å². The minimum absolute atomic E-state index is 0.162. The lowest BCUT2D eigenvalue weighted by atomic mass is 10.0. The maximum Gasteiger partial charge on any atom is 0.416 e. The largest absolute Gasteiger partial charge is 0.416 e. The van der Waals surface area contributed by atoms with Crippen LogP contribution in [0.15, 0.2) is 53.6 Å². The van der Waals surface area contributed by atoms with Gasteiger partial charge in [0.1, 0.15) is 16.4 Å². The molecule has 1 heterocycles. The Kier molecular flexibility index (Phi) is 9.28. The first-order chi connectivity index (χ1) is 18.4. The van der Waals surface area contributed by atoms with Crippen molar-refractivity contribution < 1.29 is 49.8 Å². The number of carbonyl (C=O) groups is 1. The maximum absolute atomic E-state index is 13.6. The Labute approximate surface area is 229 Å². The Bertz CT molecular complexity index is 1350. The van der Waals surface area contributed by atoms with Gasteiger partial charge in [0.25, 0.3) is 0 Å². The summed E-state index contributed by atoms with van der Waals surface area (Å²) >= 11 is 5.84. The molecule has 40 heavy (non-hydrogen) atoms. The topological polar surface area (TPSA) is 123 Å². The van der Waals surface area contributed by atoms with Gasteiger partial charge in [-0.15, -0.1) is 0 Å². The molecule has 0 bridgehead atoms. The molecule has 0 radical (unpaired) electrons. The quantitative estimate of drug-likeness (QED) is 0.371. The van der Waals surface area contributed by atoms with E-state index in [4.69, 9.17) is 11.6 Å². The third kappa shape index (κ3) is 7.99. The highest BCUT2D eigenvalue weighted by Crippen LogP contribution is 2.35. The van der Waals surface area contributed by atoms with Crippen molar-refractivity contribution in [3.05, 3.63) is 70.2 Å². The van der Waals surface area contributed by atoms with Crippen molar-refractivity contribution in [3.8, 4) is 0 Å². The smallest absolute Gasteiger partial charge is 0.382 e. The molecule has 1 aliphatic heterocycles. The molecule has 0 aliphatic carbocycles. The molecule has 9 nitrogen and oxygen atoms in total. The van der Waals surface area contributed by atoms with Gasteiger partial charge in [-0.2, -0.15) is 31.4 Å². The van der Waals surface area contributed by atoms with Crippen LogP contribution in [0, 0.1) is 0 Å². The van der Waals surface area contributed by atoms with E-state index in [0.29, 0.717) is 16.0 Å². The average molecular weight is 617 g/mol. The zero-order valence-electron chi connectivity index (χ0n) is 20.5. The number of hydrogen-bond donors (Lipinski definition) is 3. The molecule has 2 unspecified atom stereocenters. The molecule has 0 aromatic heterocycles. The van der Waals surface area contributed by atoms with E-state index in [1.54, 1.807) is 0 Å². The zero-order chi connectivity index (χ0) is 30.0. The summed E-state index contributed by atoms with van der Waals surface area (Å²) in [6, 6.07) is 7.85. The van der Waals surface area contributed by atoms with Crippen LogP contribution < -0.4 is 5.32 Å². The minimum atomic E-state index is -5.06. The molecule has 220 valence electrons. The predicted molar refractivity (Wildman–Crippen MR) is 132 cm³/mol. The highest BCUT2D eigenvalue weighted by atomic mass is 35.5. The molecule has 0 spiro atoms. The maximum atomic E-state index is 13.6. The molecule has 2 aromatic carbocycles. The highest BCUT2D eigenvalue weighted by Gasteiger charge is 2.44. The second-order valence-electron chi connectivity index (χ2n) is 8.88. The standard InChI is InChI=1S/C23H23ClF6N4O5S/c1-40(38,39)12-17(15-4-2-3-5-16(15)22(25,26)27)31-19(36)11-34-21(37)33(10-18(35)23(28,29)30)20(32-34)13-6-8-14(24)9-7-13/h2-9,17-18,21,35,37H,10-12H2,1H3,(H,31,36)/t17?,18-,21?/m0/s1. The monoisotopic (exact) mass is 616 g/mol. The molecule has 3 atom stereocenters. The lowest BCUT2D eigenvalue weighted by Gasteiger charge is -2.30. The van der Waals surface area contributed by atoms with Gasteiger partial charge in [-0.3, -0.25) is 4.79 Å². The van der Waals surface area contributed by atoms with Crippen LogP contribution in [0.2, 0.25) is 5.02 Å². The van der Waals surface area contributed by atoms with Gasteiger partial charge in [0, 0.05) is 16.8 Å².